The highest BCUT2D eigenvalue weighted by Gasteiger charge is 2.40. The van der Waals surface area contributed by atoms with Gasteiger partial charge in [0.15, 0.2) is 0 Å². The number of carboxylic acids is 1. The fraction of sp³-hybridized carbons (Fsp3) is 0.769. The fourth-order valence-electron chi connectivity index (χ4n) is 2.76. The average Bonchev–Trinajstić information content (AvgIpc) is 3.05. The number of nitrogens with zero attached hydrogens (tertiary/aromatic N) is 4. The molecule has 0 aromatic carbocycles. The van der Waals surface area contributed by atoms with Gasteiger partial charge in [0.1, 0.15) is 5.51 Å². The number of alkyl halides is 3. The van der Waals surface area contributed by atoms with Gasteiger partial charge in [0.2, 0.25) is 5.13 Å². The lowest BCUT2D eigenvalue weighted by atomic mass is 9.86. The number of ether oxygens (including phenoxy) is 1. The largest absolute Gasteiger partial charge is 0.490 e. The van der Waals surface area contributed by atoms with Crippen LogP contribution in [0, 0.1) is 0 Å². The van der Waals surface area contributed by atoms with E-state index in [-0.39, 0.29) is 5.54 Å². The molecule has 1 N–H and O–H groups in total. The van der Waals surface area contributed by atoms with Crippen LogP contribution in [0.1, 0.15) is 12.8 Å². The Morgan fingerprint density at radius 1 is 1.38 bits per heavy atom. The molecule has 136 valence electrons. The van der Waals surface area contributed by atoms with Crippen LogP contribution in [0.3, 0.4) is 0 Å². The number of carboxylic acid groups (broad SMARTS) is 1. The van der Waals surface area contributed by atoms with Crippen molar-refractivity contribution in [3.05, 3.63) is 5.51 Å². The van der Waals surface area contributed by atoms with Crippen LogP contribution in [0.2, 0.25) is 0 Å². The van der Waals surface area contributed by atoms with Gasteiger partial charge in [0, 0.05) is 25.2 Å². The minimum Gasteiger partial charge on any atom is -0.475 e. The second-order valence-electron chi connectivity index (χ2n) is 5.71. The lowest BCUT2D eigenvalue weighted by molar-refractivity contribution is -0.192. The number of likely N-dealkylation sites (N-methyl/N-ethyl adjacent to an activating group) is 1. The van der Waals surface area contributed by atoms with Crippen LogP contribution < -0.4 is 4.90 Å². The number of hydrogen-bond donors (Lipinski definition) is 1. The number of rotatable bonds is 1. The van der Waals surface area contributed by atoms with Crippen molar-refractivity contribution in [1.29, 1.82) is 0 Å². The lowest BCUT2D eigenvalue weighted by Gasteiger charge is -2.49. The van der Waals surface area contributed by atoms with E-state index in [1.807, 2.05) is 0 Å². The van der Waals surface area contributed by atoms with Crippen molar-refractivity contribution < 1.29 is 27.8 Å². The molecule has 0 atom stereocenters. The first kappa shape index (κ1) is 18.9. The number of hydrogen-bond acceptors (Lipinski definition) is 7. The maximum atomic E-state index is 10.6. The summed E-state index contributed by atoms with van der Waals surface area (Å²) in [5.41, 5.74) is 2.06. The van der Waals surface area contributed by atoms with E-state index in [1.54, 1.807) is 16.8 Å². The summed E-state index contributed by atoms with van der Waals surface area (Å²) in [6.07, 6.45) is -2.77. The summed E-state index contributed by atoms with van der Waals surface area (Å²) in [7, 11) is 2.23. The number of halogens is 3. The van der Waals surface area contributed by atoms with Gasteiger partial charge in [-0.1, -0.05) is 11.3 Å². The summed E-state index contributed by atoms with van der Waals surface area (Å²) in [5, 5.41) is 16.2. The van der Waals surface area contributed by atoms with Gasteiger partial charge >= 0.3 is 12.1 Å². The Morgan fingerprint density at radius 2 is 2.00 bits per heavy atom. The SMILES string of the molecule is CN1CCOCC12CCN(c1nncs1)CC2.O=C(O)C(F)(F)F. The van der Waals surface area contributed by atoms with E-state index in [0.29, 0.717) is 0 Å². The summed E-state index contributed by atoms with van der Waals surface area (Å²) in [4.78, 5) is 13.7. The number of aromatic nitrogens is 2. The molecule has 7 nitrogen and oxygen atoms in total. The Labute approximate surface area is 141 Å². The van der Waals surface area contributed by atoms with Gasteiger partial charge in [-0.25, -0.2) is 4.79 Å². The minimum absolute atomic E-state index is 0.263. The van der Waals surface area contributed by atoms with Crippen molar-refractivity contribution in [2.24, 2.45) is 0 Å². The van der Waals surface area contributed by atoms with Gasteiger partial charge in [-0.3, -0.25) is 4.90 Å². The predicted molar refractivity (Wildman–Crippen MR) is 81.2 cm³/mol. The molecule has 2 aliphatic heterocycles. The van der Waals surface area contributed by atoms with Gasteiger partial charge < -0.3 is 14.7 Å². The van der Waals surface area contributed by atoms with Gasteiger partial charge in [-0.15, -0.1) is 10.2 Å². The Bertz CT molecular complexity index is 533. The van der Waals surface area contributed by atoms with Gasteiger partial charge in [-0.2, -0.15) is 13.2 Å². The molecule has 1 aromatic rings. The average molecular weight is 368 g/mol. The highest BCUT2D eigenvalue weighted by atomic mass is 32.1. The molecule has 24 heavy (non-hydrogen) atoms. The highest BCUT2D eigenvalue weighted by Crippen LogP contribution is 2.32. The van der Waals surface area contributed by atoms with Crippen molar-refractivity contribution in [3.8, 4) is 0 Å². The molecule has 2 fully saturated rings. The second-order valence-corrected chi connectivity index (χ2v) is 6.52. The summed E-state index contributed by atoms with van der Waals surface area (Å²) < 4.78 is 37.4. The van der Waals surface area contributed by atoms with E-state index >= 15 is 0 Å². The van der Waals surface area contributed by atoms with E-state index < -0.39 is 12.1 Å². The van der Waals surface area contributed by atoms with Crippen molar-refractivity contribution >= 4 is 22.4 Å². The molecule has 0 aliphatic carbocycles. The zero-order valence-corrected chi connectivity index (χ0v) is 13.9. The second kappa shape index (κ2) is 7.62. The number of morpholine rings is 1. The fourth-order valence-corrected chi connectivity index (χ4v) is 3.37. The lowest BCUT2D eigenvalue weighted by Crippen LogP contribution is -2.60. The summed E-state index contributed by atoms with van der Waals surface area (Å²) >= 11 is 1.62. The number of anilines is 1. The molecule has 0 radical (unpaired) electrons. The maximum absolute atomic E-state index is 10.6. The Morgan fingerprint density at radius 3 is 2.46 bits per heavy atom. The van der Waals surface area contributed by atoms with E-state index in [2.05, 4.69) is 27.0 Å². The van der Waals surface area contributed by atoms with E-state index in [9.17, 15) is 13.2 Å². The van der Waals surface area contributed by atoms with Crippen LogP contribution in [0.15, 0.2) is 5.51 Å². The highest BCUT2D eigenvalue weighted by molar-refractivity contribution is 7.13. The van der Waals surface area contributed by atoms with Gasteiger partial charge in [0.25, 0.3) is 0 Å². The van der Waals surface area contributed by atoms with Crippen LogP contribution >= 0.6 is 11.3 Å². The molecule has 0 saturated carbocycles. The minimum atomic E-state index is -5.08. The van der Waals surface area contributed by atoms with Crippen molar-refractivity contribution in [3.63, 3.8) is 0 Å². The van der Waals surface area contributed by atoms with Crippen molar-refractivity contribution in [2.75, 3.05) is 44.8 Å². The van der Waals surface area contributed by atoms with Crippen LogP contribution in [-0.2, 0) is 9.53 Å². The molecule has 1 aromatic heterocycles. The number of aliphatic carboxylic acids is 1. The summed E-state index contributed by atoms with van der Waals surface area (Å²) in [6, 6.07) is 0. The zero-order valence-electron chi connectivity index (χ0n) is 13.1. The quantitative estimate of drug-likeness (QED) is 0.804. The van der Waals surface area contributed by atoms with Crippen molar-refractivity contribution in [1.82, 2.24) is 15.1 Å². The molecule has 0 unspecified atom stereocenters. The van der Waals surface area contributed by atoms with Crippen LogP contribution in [0.4, 0.5) is 18.3 Å². The third-order valence-corrected chi connectivity index (χ3v) is 5.06. The molecular formula is C13H19F3N4O3S. The first-order valence-electron chi connectivity index (χ1n) is 7.35. The standard InChI is InChI=1S/C11H18N4OS.C2HF3O2/c1-14-6-7-16-8-11(14)2-4-15(5-3-11)10-13-12-9-17-10;3-2(4,5)1(6)7/h9H,2-8H2,1H3;(H,6,7). The Hall–Kier alpha value is -1.46. The Kier molecular flexibility index (Phi) is 5.99. The normalized spacial score (nSPS) is 21.2. The van der Waals surface area contributed by atoms with E-state index in [1.165, 1.54) is 0 Å². The third kappa shape index (κ3) is 4.54. The van der Waals surface area contributed by atoms with Crippen LogP contribution in [0.25, 0.3) is 0 Å². The molecule has 3 heterocycles. The predicted octanol–water partition coefficient (Wildman–Crippen LogP) is 1.47. The molecule has 0 bridgehead atoms. The van der Waals surface area contributed by atoms with Gasteiger partial charge in [0.05, 0.1) is 13.2 Å². The van der Waals surface area contributed by atoms with Crippen molar-refractivity contribution in [2.45, 2.75) is 24.6 Å². The van der Waals surface area contributed by atoms with E-state index in [4.69, 9.17) is 14.6 Å². The van der Waals surface area contributed by atoms with E-state index in [0.717, 1.165) is 50.8 Å². The zero-order chi connectivity index (χ0) is 17.8. The number of piperidine rings is 1. The Balaban J connectivity index is 0.000000256. The summed E-state index contributed by atoms with van der Waals surface area (Å²) in [5.74, 6) is -2.76. The first-order valence-corrected chi connectivity index (χ1v) is 8.23. The molecular weight excluding hydrogens is 349 g/mol. The number of carbonyl (C=O) groups is 1. The molecule has 3 rings (SSSR count). The monoisotopic (exact) mass is 368 g/mol. The molecule has 1 spiro atoms. The molecule has 2 aliphatic rings. The molecule has 11 heteroatoms. The van der Waals surface area contributed by atoms with Gasteiger partial charge in [-0.05, 0) is 19.9 Å². The maximum Gasteiger partial charge on any atom is 0.490 e. The van der Waals surface area contributed by atoms with Crippen LogP contribution in [0.5, 0.6) is 0 Å². The third-order valence-electron chi connectivity index (χ3n) is 4.31. The van der Waals surface area contributed by atoms with Crippen LogP contribution in [-0.4, -0.2) is 77.8 Å². The topological polar surface area (TPSA) is 78.8 Å². The molecule has 2 saturated heterocycles. The molecule has 0 amide bonds. The smallest absolute Gasteiger partial charge is 0.475 e. The first-order chi connectivity index (χ1) is 11.2. The summed E-state index contributed by atoms with van der Waals surface area (Å²) in [6.45, 7) is 4.93.